The molecular formula is C19H28OSSi2. The molecule has 0 saturated heterocycles. The first-order valence-electron chi connectivity index (χ1n) is 8.28. The highest BCUT2D eigenvalue weighted by Gasteiger charge is 2.39. The number of rotatable bonds is 7. The molecule has 0 N–H and O–H groups in total. The summed E-state index contributed by atoms with van der Waals surface area (Å²) in [5, 5.41) is 3.14. The molecule has 0 spiro atoms. The van der Waals surface area contributed by atoms with Gasteiger partial charge in [-0.1, -0.05) is 85.9 Å². The highest BCUT2D eigenvalue weighted by atomic mass is 32.2. The topological polar surface area (TPSA) is 9.23 Å². The Hall–Kier alpha value is -0.816. The highest BCUT2D eigenvalue weighted by Crippen LogP contribution is 2.27. The van der Waals surface area contributed by atoms with Crippen molar-refractivity contribution in [3.8, 4) is 0 Å². The zero-order chi connectivity index (χ0) is 16.9. The van der Waals surface area contributed by atoms with E-state index in [1.54, 1.807) is 0 Å². The minimum Gasteiger partial charge on any atom is -0.404 e. The van der Waals surface area contributed by atoms with Crippen molar-refractivity contribution in [3.05, 3.63) is 60.7 Å². The lowest BCUT2D eigenvalue weighted by Crippen LogP contribution is -2.58. The average Bonchev–Trinajstić information content (AvgIpc) is 2.56. The Morgan fingerprint density at radius 3 is 1.78 bits per heavy atom. The van der Waals surface area contributed by atoms with E-state index in [0.29, 0.717) is 0 Å². The van der Waals surface area contributed by atoms with Crippen molar-refractivity contribution < 1.29 is 4.43 Å². The fraction of sp³-hybridized carbons (Fsp3) is 0.368. The van der Waals surface area contributed by atoms with Crippen LogP contribution < -0.4 is 10.4 Å². The number of hydrogen-bond donors (Lipinski definition) is 0. The van der Waals surface area contributed by atoms with Gasteiger partial charge in [-0.05, 0) is 24.0 Å². The second-order valence-corrected chi connectivity index (χ2v) is 17.0. The SMILES string of the molecule is CCSC(O[Si](C)(C)c1ccccc1)[Si](C)(C)c1ccccc1. The predicted molar refractivity (Wildman–Crippen MR) is 110 cm³/mol. The molecule has 2 aromatic carbocycles. The largest absolute Gasteiger partial charge is 0.404 e. The molecular weight excluding hydrogens is 332 g/mol. The van der Waals surface area contributed by atoms with Gasteiger partial charge in [0.2, 0.25) is 8.32 Å². The quantitative estimate of drug-likeness (QED) is 0.536. The summed E-state index contributed by atoms with van der Waals surface area (Å²) >= 11 is 1.97. The van der Waals surface area contributed by atoms with E-state index in [2.05, 4.69) is 93.8 Å². The van der Waals surface area contributed by atoms with Gasteiger partial charge in [0, 0.05) is 0 Å². The Morgan fingerprint density at radius 1 is 0.826 bits per heavy atom. The van der Waals surface area contributed by atoms with Crippen LogP contribution >= 0.6 is 11.8 Å². The van der Waals surface area contributed by atoms with E-state index in [4.69, 9.17) is 4.43 Å². The fourth-order valence-corrected chi connectivity index (χ4v) is 11.6. The molecule has 0 aliphatic rings. The first-order chi connectivity index (χ1) is 10.9. The second-order valence-electron chi connectivity index (χ2n) is 6.87. The third-order valence-electron chi connectivity index (χ3n) is 4.30. The van der Waals surface area contributed by atoms with Crippen molar-refractivity contribution >= 4 is 38.5 Å². The average molecular weight is 361 g/mol. The first kappa shape index (κ1) is 18.5. The van der Waals surface area contributed by atoms with E-state index in [-0.39, 0.29) is 5.06 Å². The molecule has 2 aromatic rings. The molecule has 2 rings (SSSR count). The van der Waals surface area contributed by atoms with Gasteiger partial charge in [-0.2, -0.15) is 0 Å². The van der Waals surface area contributed by atoms with Gasteiger partial charge in [0.15, 0.2) is 0 Å². The maximum atomic E-state index is 6.85. The van der Waals surface area contributed by atoms with Gasteiger partial charge in [0.25, 0.3) is 0 Å². The third-order valence-corrected chi connectivity index (χ3v) is 13.4. The molecule has 0 heterocycles. The lowest BCUT2D eigenvalue weighted by molar-refractivity contribution is 0.349. The van der Waals surface area contributed by atoms with E-state index >= 15 is 0 Å². The summed E-state index contributed by atoms with van der Waals surface area (Å²) in [7, 11) is -3.61. The smallest absolute Gasteiger partial charge is 0.219 e. The van der Waals surface area contributed by atoms with Crippen LogP contribution in [0.2, 0.25) is 26.2 Å². The Labute approximate surface area is 147 Å². The Balaban J connectivity index is 2.28. The van der Waals surface area contributed by atoms with Gasteiger partial charge in [0.1, 0.15) is 8.07 Å². The molecule has 0 radical (unpaired) electrons. The molecule has 4 heteroatoms. The highest BCUT2D eigenvalue weighted by molar-refractivity contribution is 8.01. The van der Waals surface area contributed by atoms with Crippen molar-refractivity contribution in [2.24, 2.45) is 0 Å². The maximum absolute atomic E-state index is 6.85. The van der Waals surface area contributed by atoms with E-state index in [1.165, 1.54) is 10.4 Å². The Kier molecular flexibility index (Phi) is 6.31. The van der Waals surface area contributed by atoms with Crippen LogP contribution in [-0.4, -0.2) is 27.2 Å². The second kappa shape index (κ2) is 7.84. The molecule has 0 aliphatic heterocycles. The minimum atomic E-state index is -1.91. The zero-order valence-corrected chi connectivity index (χ0v) is 17.7. The van der Waals surface area contributed by atoms with Crippen molar-refractivity contribution in [1.82, 2.24) is 0 Å². The Morgan fingerprint density at radius 2 is 1.30 bits per heavy atom. The molecule has 1 atom stereocenters. The minimum absolute atomic E-state index is 0.289. The van der Waals surface area contributed by atoms with E-state index < -0.39 is 16.4 Å². The molecule has 23 heavy (non-hydrogen) atoms. The van der Waals surface area contributed by atoms with Crippen LogP contribution in [0.15, 0.2) is 60.7 Å². The van der Waals surface area contributed by atoms with Crippen LogP contribution in [0, 0.1) is 0 Å². The van der Waals surface area contributed by atoms with Crippen molar-refractivity contribution in [2.75, 3.05) is 5.75 Å². The molecule has 1 nitrogen and oxygen atoms in total. The van der Waals surface area contributed by atoms with Gasteiger partial charge in [-0.25, -0.2) is 0 Å². The predicted octanol–water partition coefficient (Wildman–Crippen LogP) is 4.35. The number of thioether (sulfide) groups is 1. The van der Waals surface area contributed by atoms with Crippen LogP contribution in [0.4, 0.5) is 0 Å². The monoisotopic (exact) mass is 360 g/mol. The molecule has 0 fully saturated rings. The third kappa shape index (κ3) is 4.60. The maximum Gasteiger partial charge on any atom is 0.219 e. The van der Waals surface area contributed by atoms with Crippen LogP contribution in [0.3, 0.4) is 0 Å². The summed E-state index contributed by atoms with van der Waals surface area (Å²) in [6, 6.07) is 21.7. The Bertz CT molecular complexity index is 599. The summed E-state index contributed by atoms with van der Waals surface area (Å²) in [5.74, 6) is 1.09. The molecule has 0 aromatic heterocycles. The number of benzene rings is 2. The molecule has 0 saturated carbocycles. The summed E-state index contributed by atoms with van der Waals surface area (Å²) in [4.78, 5) is 0. The normalized spacial score (nSPS) is 13.8. The summed E-state index contributed by atoms with van der Waals surface area (Å²) in [6.07, 6.45) is 0. The fourth-order valence-electron chi connectivity index (χ4n) is 2.72. The van der Waals surface area contributed by atoms with Crippen molar-refractivity contribution in [1.29, 1.82) is 0 Å². The van der Waals surface area contributed by atoms with Crippen LogP contribution in [0.25, 0.3) is 0 Å². The first-order valence-corrected chi connectivity index (χ1v) is 15.3. The van der Waals surface area contributed by atoms with Crippen molar-refractivity contribution in [3.63, 3.8) is 0 Å². The van der Waals surface area contributed by atoms with Gasteiger partial charge >= 0.3 is 0 Å². The molecule has 124 valence electrons. The summed E-state index contributed by atoms with van der Waals surface area (Å²) in [6.45, 7) is 11.7. The lowest BCUT2D eigenvalue weighted by Gasteiger charge is -2.38. The van der Waals surface area contributed by atoms with E-state index in [9.17, 15) is 0 Å². The summed E-state index contributed by atoms with van der Waals surface area (Å²) < 4.78 is 6.85. The molecule has 0 amide bonds. The van der Waals surface area contributed by atoms with Crippen LogP contribution in [0.5, 0.6) is 0 Å². The zero-order valence-electron chi connectivity index (χ0n) is 14.9. The molecule has 1 unspecified atom stereocenters. The van der Waals surface area contributed by atoms with Gasteiger partial charge in [0.05, 0.1) is 5.06 Å². The van der Waals surface area contributed by atoms with E-state index in [1.807, 2.05) is 11.8 Å². The van der Waals surface area contributed by atoms with Crippen LogP contribution in [-0.2, 0) is 4.43 Å². The van der Waals surface area contributed by atoms with Gasteiger partial charge < -0.3 is 4.43 Å². The molecule has 0 aliphatic carbocycles. The summed E-state index contributed by atoms with van der Waals surface area (Å²) in [5.41, 5.74) is 0. The van der Waals surface area contributed by atoms with E-state index in [0.717, 1.165) is 5.75 Å². The van der Waals surface area contributed by atoms with Gasteiger partial charge in [-0.3, -0.25) is 0 Å². The van der Waals surface area contributed by atoms with Gasteiger partial charge in [-0.15, -0.1) is 11.8 Å². The van der Waals surface area contributed by atoms with Crippen molar-refractivity contribution in [2.45, 2.75) is 38.2 Å². The number of hydrogen-bond acceptors (Lipinski definition) is 2. The standard InChI is InChI=1S/C19H28OSSi2/c1-6-21-19(22(2,3)17-13-9-7-10-14-17)20-23(4,5)18-15-11-8-12-16-18/h7-16,19H,6H2,1-5H3. The van der Waals surface area contributed by atoms with Crippen LogP contribution in [0.1, 0.15) is 6.92 Å². The molecule has 0 bridgehead atoms. The lowest BCUT2D eigenvalue weighted by atomic mass is 10.4.